The van der Waals surface area contributed by atoms with Crippen LogP contribution in [0.15, 0.2) is 35.5 Å². The van der Waals surface area contributed by atoms with E-state index in [1.807, 2.05) is 18.2 Å². The first kappa shape index (κ1) is 11.1. The predicted molar refractivity (Wildman–Crippen MR) is 70.7 cm³/mol. The lowest BCUT2D eigenvalue weighted by Crippen LogP contribution is -1.84. The van der Waals surface area contributed by atoms with E-state index in [2.05, 4.69) is 23.5 Å². The number of aromatic amines is 1. The van der Waals surface area contributed by atoms with E-state index in [1.165, 1.54) is 5.57 Å². The lowest BCUT2D eigenvalue weighted by atomic mass is 10.3. The third-order valence-corrected chi connectivity index (χ3v) is 3.42. The van der Waals surface area contributed by atoms with Crippen molar-refractivity contribution in [3.8, 4) is 0 Å². The zero-order valence-electron chi connectivity index (χ0n) is 9.29. The molecule has 0 unspecified atom stereocenters. The third-order valence-electron chi connectivity index (χ3n) is 2.40. The number of aromatic nitrogens is 2. The molecule has 0 bridgehead atoms. The maximum Gasteiger partial charge on any atom is 0.166 e. The molecule has 3 nitrogen and oxygen atoms in total. The number of hydrogen-bond acceptors (Lipinski definition) is 3. The van der Waals surface area contributed by atoms with Crippen molar-refractivity contribution < 1.29 is 0 Å². The SMILES string of the molecule is C=C(CC)CSc1nc2ccc(N)cc2[nH]1. The molecule has 0 aliphatic rings. The van der Waals surface area contributed by atoms with E-state index in [0.717, 1.165) is 34.1 Å². The van der Waals surface area contributed by atoms with Crippen molar-refractivity contribution in [2.24, 2.45) is 0 Å². The van der Waals surface area contributed by atoms with E-state index in [9.17, 15) is 0 Å². The molecular weight excluding hydrogens is 218 g/mol. The first-order chi connectivity index (χ1) is 7.69. The quantitative estimate of drug-likeness (QED) is 0.484. The average molecular weight is 233 g/mol. The number of H-pyrrole nitrogens is 1. The Hall–Kier alpha value is -1.42. The number of nitrogens with one attached hydrogen (secondary N) is 1. The Morgan fingerprint density at radius 3 is 3.12 bits per heavy atom. The highest BCUT2D eigenvalue weighted by atomic mass is 32.2. The van der Waals surface area contributed by atoms with E-state index in [1.54, 1.807) is 11.8 Å². The molecule has 0 saturated carbocycles. The maximum absolute atomic E-state index is 5.71. The summed E-state index contributed by atoms with van der Waals surface area (Å²) in [6, 6.07) is 5.70. The van der Waals surface area contributed by atoms with Gasteiger partial charge < -0.3 is 10.7 Å². The standard InChI is InChI=1S/C12H15N3S/c1-3-8(2)7-16-12-14-10-5-4-9(13)6-11(10)15-12/h4-6H,2-3,7,13H2,1H3,(H,14,15). The van der Waals surface area contributed by atoms with Gasteiger partial charge in [-0.15, -0.1) is 0 Å². The number of benzene rings is 1. The van der Waals surface area contributed by atoms with Gasteiger partial charge in [0.05, 0.1) is 11.0 Å². The van der Waals surface area contributed by atoms with Crippen LogP contribution < -0.4 is 5.73 Å². The molecule has 2 rings (SSSR count). The normalized spacial score (nSPS) is 10.8. The van der Waals surface area contributed by atoms with Gasteiger partial charge in [-0.3, -0.25) is 0 Å². The van der Waals surface area contributed by atoms with Gasteiger partial charge in [-0.25, -0.2) is 4.98 Å². The number of rotatable bonds is 4. The molecular formula is C12H15N3S. The molecule has 1 aromatic heterocycles. The van der Waals surface area contributed by atoms with E-state index < -0.39 is 0 Å². The van der Waals surface area contributed by atoms with Crippen LogP contribution in [0.2, 0.25) is 0 Å². The summed E-state index contributed by atoms with van der Waals surface area (Å²) in [4.78, 5) is 7.72. The minimum atomic E-state index is 0.755. The van der Waals surface area contributed by atoms with Gasteiger partial charge >= 0.3 is 0 Å². The van der Waals surface area contributed by atoms with Crippen LogP contribution in [-0.2, 0) is 0 Å². The lowest BCUT2D eigenvalue weighted by molar-refractivity contribution is 1.07. The number of thioether (sulfide) groups is 1. The molecule has 0 aliphatic heterocycles. The van der Waals surface area contributed by atoms with Crippen molar-refractivity contribution >= 4 is 28.5 Å². The fourth-order valence-corrected chi connectivity index (χ4v) is 2.23. The van der Waals surface area contributed by atoms with E-state index >= 15 is 0 Å². The maximum atomic E-state index is 5.71. The van der Waals surface area contributed by atoms with Gasteiger partial charge in [0.15, 0.2) is 5.16 Å². The van der Waals surface area contributed by atoms with E-state index in [0.29, 0.717) is 0 Å². The van der Waals surface area contributed by atoms with Crippen molar-refractivity contribution in [3.63, 3.8) is 0 Å². The molecule has 84 valence electrons. The van der Waals surface area contributed by atoms with Crippen molar-refractivity contribution in [3.05, 3.63) is 30.4 Å². The highest BCUT2D eigenvalue weighted by Crippen LogP contribution is 2.22. The van der Waals surface area contributed by atoms with Gasteiger partial charge in [0.1, 0.15) is 0 Å². The zero-order chi connectivity index (χ0) is 11.5. The summed E-state index contributed by atoms with van der Waals surface area (Å²) in [5.41, 5.74) is 9.64. The molecule has 1 aromatic carbocycles. The van der Waals surface area contributed by atoms with E-state index in [4.69, 9.17) is 5.73 Å². The molecule has 4 heteroatoms. The number of fused-ring (bicyclic) bond motifs is 1. The van der Waals surface area contributed by atoms with Crippen molar-refractivity contribution in [1.82, 2.24) is 9.97 Å². The van der Waals surface area contributed by atoms with E-state index in [-0.39, 0.29) is 0 Å². The Balaban J connectivity index is 2.16. The van der Waals surface area contributed by atoms with Gasteiger partial charge in [0.25, 0.3) is 0 Å². The van der Waals surface area contributed by atoms with Crippen molar-refractivity contribution in [1.29, 1.82) is 0 Å². The summed E-state index contributed by atoms with van der Waals surface area (Å²) >= 11 is 1.68. The Morgan fingerprint density at radius 1 is 1.56 bits per heavy atom. The molecule has 3 N–H and O–H groups in total. The molecule has 16 heavy (non-hydrogen) atoms. The Morgan fingerprint density at radius 2 is 2.38 bits per heavy atom. The minimum absolute atomic E-state index is 0.755. The molecule has 0 radical (unpaired) electrons. The van der Waals surface area contributed by atoms with Gasteiger partial charge in [0.2, 0.25) is 0 Å². The Bertz CT molecular complexity index is 516. The van der Waals surface area contributed by atoms with Crippen LogP contribution in [0.4, 0.5) is 5.69 Å². The van der Waals surface area contributed by atoms with Crippen LogP contribution in [0.25, 0.3) is 11.0 Å². The Kier molecular flexibility index (Phi) is 3.19. The fourth-order valence-electron chi connectivity index (χ4n) is 1.34. The van der Waals surface area contributed by atoms with Gasteiger partial charge in [0, 0.05) is 11.4 Å². The molecule has 0 amide bonds. The number of anilines is 1. The molecule has 0 aliphatic carbocycles. The molecule has 0 atom stereocenters. The van der Waals surface area contributed by atoms with Gasteiger partial charge in [-0.2, -0.15) is 0 Å². The number of nitrogens with two attached hydrogens (primary N) is 1. The summed E-state index contributed by atoms with van der Waals surface area (Å²) in [5.74, 6) is 0.909. The summed E-state index contributed by atoms with van der Waals surface area (Å²) in [7, 11) is 0. The number of hydrogen-bond donors (Lipinski definition) is 2. The monoisotopic (exact) mass is 233 g/mol. The van der Waals surface area contributed by atoms with Crippen LogP contribution in [0.1, 0.15) is 13.3 Å². The zero-order valence-corrected chi connectivity index (χ0v) is 10.1. The first-order valence-electron chi connectivity index (χ1n) is 5.23. The average Bonchev–Trinajstić information content (AvgIpc) is 2.67. The second-order valence-electron chi connectivity index (χ2n) is 3.71. The molecule has 0 fully saturated rings. The molecule has 0 spiro atoms. The largest absolute Gasteiger partial charge is 0.399 e. The predicted octanol–water partition coefficient (Wildman–Crippen LogP) is 3.20. The first-order valence-corrected chi connectivity index (χ1v) is 6.22. The topological polar surface area (TPSA) is 54.7 Å². The number of nitrogens with zero attached hydrogens (tertiary/aromatic N) is 1. The van der Waals surface area contributed by atoms with Crippen LogP contribution >= 0.6 is 11.8 Å². The third kappa shape index (κ3) is 2.39. The summed E-state index contributed by atoms with van der Waals surface area (Å²) < 4.78 is 0. The molecule has 2 aromatic rings. The summed E-state index contributed by atoms with van der Waals surface area (Å²) in [5, 5.41) is 0.926. The van der Waals surface area contributed by atoms with Crippen molar-refractivity contribution in [2.45, 2.75) is 18.5 Å². The lowest BCUT2D eigenvalue weighted by Gasteiger charge is -1.98. The number of imidazole rings is 1. The Labute approximate surface area is 99.1 Å². The van der Waals surface area contributed by atoms with Gasteiger partial charge in [-0.1, -0.05) is 30.8 Å². The summed E-state index contributed by atoms with van der Waals surface area (Å²) in [6.45, 7) is 6.09. The van der Waals surface area contributed by atoms with Crippen LogP contribution in [0.5, 0.6) is 0 Å². The summed E-state index contributed by atoms with van der Waals surface area (Å²) in [6.07, 6.45) is 1.01. The molecule has 0 saturated heterocycles. The fraction of sp³-hybridized carbons (Fsp3) is 0.250. The van der Waals surface area contributed by atoms with Crippen LogP contribution in [-0.4, -0.2) is 15.7 Å². The smallest absolute Gasteiger partial charge is 0.166 e. The van der Waals surface area contributed by atoms with Gasteiger partial charge in [-0.05, 0) is 24.6 Å². The van der Waals surface area contributed by atoms with Crippen molar-refractivity contribution in [2.75, 3.05) is 11.5 Å². The second-order valence-corrected chi connectivity index (χ2v) is 4.67. The highest BCUT2D eigenvalue weighted by Gasteiger charge is 2.03. The minimum Gasteiger partial charge on any atom is -0.399 e. The number of nitrogen functional groups attached to an aromatic ring is 1. The van der Waals surface area contributed by atoms with Crippen LogP contribution in [0, 0.1) is 0 Å². The van der Waals surface area contributed by atoms with Crippen LogP contribution in [0.3, 0.4) is 0 Å². The second kappa shape index (κ2) is 4.61. The molecule has 1 heterocycles. The highest BCUT2D eigenvalue weighted by molar-refractivity contribution is 7.99.